The molecule has 0 unspecified atom stereocenters. The van der Waals surface area contributed by atoms with Crippen LogP contribution in [0.4, 0.5) is 13.2 Å². The molecule has 0 amide bonds. The molecule has 0 aliphatic heterocycles. The van der Waals surface area contributed by atoms with E-state index in [1.165, 1.54) is 6.07 Å². The van der Waals surface area contributed by atoms with Crippen LogP contribution >= 0.6 is 0 Å². The summed E-state index contributed by atoms with van der Waals surface area (Å²) in [7, 11) is 0. The molecule has 0 atom stereocenters. The summed E-state index contributed by atoms with van der Waals surface area (Å²) in [5, 5.41) is 0. The van der Waals surface area contributed by atoms with Gasteiger partial charge in [-0.25, -0.2) is 13.2 Å². The molecule has 33 heavy (non-hydrogen) atoms. The number of nitrogens with zero attached hydrogens (tertiary/aromatic N) is 1. The van der Waals surface area contributed by atoms with E-state index in [9.17, 15) is 13.2 Å². The van der Waals surface area contributed by atoms with Crippen LogP contribution in [-0.2, 0) is 12.8 Å². The van der Waals surface area contributed by atoms with E-state index in [4.69, 9.17) is 4.74 Å². The smallest absolute Gasteiger partial charge is 0.166 e. The first-order valence-electron chi connectivity index (χ1n) is 10.9. The Morgan fingerprint density at radius 2 is 1.48 bits per heavy atom. The standard InChI is InChI=1S/C28H24F3NO/c1-3-33-26-15-13-22(16-25(26)29)20-9-5-19(6-10-20)7-11-21-12-14-24(28(31)27(21)30)23-8-4-18(2)32-17-23/h4-6,8-10,12-17H,3,7,11H2,1-2H3. The van der Waals surface area contributed by atoms with Crippen molar-refractivity contribution < 1.29 is 17.9 Å². The average Bonchev–Trinajstić information content (AvgIpc) is 2.82. The van der Waals surface area contributed by atoms with Crippen LogP contribution in [0, 0.1) is 24.4 Å². The topological polar surface area (TPSA) is 22.1 Å². The van der Waals surface area contributed by atoms with Crippen molar-refractivity contribution in [2.45, 2.75) is 26.7 Å². The molecule has 0 N–H and O–H groups in total. The minimum absolute atomic E-state index is 0.204. The maximum atomic E-state index is 14.7. The fraction of sp³-hybridized carbons (Fsp3) is 0.179. The molecule has 1 heterocycles. The second-order valence-corrected chi connectivity index (χ2v) is 7.86. The van der Waals surface area contributed by atoms with E-state index in [0.29, 0.717) is 30.6 Å². The maximum absolute atomic E-state index is 14.7. The molecule has 3 aromatic carbocycles. The van der Waals surface area contributed by atoms with Crippen molar-refractivity contribution in [3.05, 3.63) is 107 Å². The van der Waals surface area contributed by atoms with Gasteiger partial charge in [0.1, 0.15) is 0 Å². The first kappa shape index (κ1) is 22.6. The Balaban J connectivity index is 1.46. The van der Waals surface area contributed by atoms with Gasteiger partial charge in [0.05, 0.1) is 6.61 Å². The van der Waals surface area contributed by atoms with Gasteiger partial charge in [-0.1, -0.05) is 48.5 Å². The third kappa shape index (κ3) is 5.08. The Morgan fingerprint density at radius 3 is 2.15 bits per heavy atom. The van der Waals surface area contributed by atoms with Gasteiger partial charge in [0.2, 0.25) is 0 Å². The van der Waals surface area contributed by atoms with E-state index in [2.05, 4.69) is 4.98 Å². The molecule has 0 bridgehead atoms. The van der Waals surface area contributed by atoms with Crippen LogP contribution in [0.1, 0.15) is 23.7 Å². The second-order valence-electron chi connectivity index (χ2n) is 7.86. The van der Waals surface area contributed by atoms with E-state index in [1.54, 1.807) is 36.5 Å². The van der Waals surface area contributed by atoms with Crippen molar-refractivity contribution in [1.29, 1.82) is 0 Å². The van der Waals surface area contributed by atoms with E-state index in [-0.39, 0.29) is 11.3 Å². The van der Waals surface area contributed by atoms with Crippen LogP contribution in [0.2, 0.25) is 0 Å². The van der Waals surface area contributed by atoms with Crippen LogP contribution in [0.5, 0.6) is 5.75 Å². The number of rotatable bonds is 7. The molecule has 0 saturated carbocycles. The molecule has 5 heteroatoms. The zero-order valence-electron chi connectivity index (χ0n) is 18.5. The molecule has 0 aliphatic rings. The molecule has 0 fully saturated rings. The van der Waals surface area contributed by atoms with Crippen molar-refractivity contribution in [2.24, 2.45) is 0 Å². The third-order valence-electron chi connectivity index (χ3n) is 5.59. The van der Waals surface area contributed by atoms with Gasteiger partial charge in [-0.15, -0.1) is 0 Å². The van der Waals surface area contributed by atoms with E-state index in [0.717, 1.165) is 22.4 Å². The van der Waals surface area contributed by atoms with Crippen molar-refractivity contribution in [2.75, 3.05) is 6.61 Å². The number of aryl methyl sites for hydroxylation is 3. The molecule has 0 saturated heterocycles. The van der Waals surface area contributed by atoms with Crippen molar-refractivity contribution in [1.82, 2.24) is 4.98 Å². The minimum Gasteiger partial charge on any atom is -0.491 e. The van der Waals surface area contributed by atoms with Crippen LogP contribution < -0.4 is 4.74 Å². The Bertz CT molecular complexity index is 1250. The quantitative estimate of drug-likeness (QED) is 0.296. The van der Waals surface area contributed by atoms with Gasteiger partial charge >= 0.3 is 0 Å². The predicted octanol–water partition coefficient (Wildman–Crippen LogP) is 7.33. The lowest BCUT2D eigenvalue weighted by atomic mass is 9.98. The van der Waals surface area contributed by atoms with Crippen molar-refractivity contribution in [3.63, 3.8) is 0 Å². The zero-order valence-corrected chi connectivity index (χ0v) is 18.5. The molecule has 168 valence electrons. The fourth-order valence-electron chi connectivity index (χ4n) is 3.73. The molecule has 2 nitrogen and oxygen atoms in total. The van der Waals surface area contributed by atoms with Gasteiger partial charge in [0.25, 0.3) is 0 Å². The Kier molecular flexibility index (Phi) is 6.78. The summed E-state index contributed by atoms with van der Waals surface area (Å²) in [5.74, 6) is -1.85. The Hall–Kier alpha value is -3.60. The summed E-state index contributed by atoms with van der Waals surface area (Å²) >= 11 is 0. The predicted molar refractivity (Wildman–Crippen MR) is 125 cm³/mol. The zero-order chi connectivity index (χ0) is 23.4. The molecule has 0 spiro atoms. The molecular weight excluding hydrogens is 423 g/mol. The van der Waals surface area contributed by atoms with E-state index < -0.39 is 17.5 Å². The van der Waals surface area contributed by atoms with Gasteiger partial charge in [0, 0.05) is 23.0 Å². The summed E-state index contributed by atoms with van der Waals surface area (Å²) < 4.78 is 48.8. The Morgan fingerprint density at radius 1 is 0.758 bits per heavy atom. The summed E-state index contributed by atoms with van der Waals surface area (Å²) in [6.45, 7) is 4.05. The number of aromatic nitrogens is 1. The normalized spacial score (nSPS) is 10.9. The fourth-order valence-corrected chi connectivity index (χ4v) is 3.73. The van der Waals surface area contributed by atoms with Gasteiger partial charge in [-0.05, 0) is 67.1 Å². The number of benzene rings is 3. The first-order chi connectivity index (χ1) is 16.0. The highest BCUT2D eigenvalue weighted by molar-refractivity contribution is 5.65. The first-order valence-corrected chi connectivity index (χ1v) is 10.9. The number of halogens is 3. The van der Waals surface area contributed by atoms with Crippen molar-refractivity contribution in [3.8, 4) is 28.0 Å². The van der Waals surface area contributed by atoms with Gasteiger partial charge in [0.15, 0.2) is 23.2 Å². The van der Waals surface area contributed by atoms with Gasteiger partial charge in [-0.3, -0.25) is 4.98 Å². The molecule has 0 aliphatic carbocycles. The number of hydrogen-bond acceptors (Lipinski definition) is 2. The number of ether oxygens (including phenoxy) is 1. The lowest BCUT2D eigenvalue weighted by Gasteiger charge is -2.10. The molecule has 0 radical (unpaired) electrons. The molecule has 4 aromatic rings. The summed E-state index contributed by atoms with van der Waals surface area (Å²) in [5.41, 5.74) is 4.49. The van der Waals surface area contributed by atoms with Crippen LogP contribution in [0.3, 0.4) is 0 Å². The van der Waals surface area contributed by atoms with Crippen LogP contribution in [-0.4, -0.2) is 11.6 Å². The minimum atomic E-state index is -0.856. The Labute approximate surface area is 191 Å². The van der Waals surface area contributed by atoms with Crippen LogP contribution in [0.25, 0.3) is 22.3 Å². The monoisotopic (exact) mass is 447 g/mol. The van der Waals surface area contributed by atoms with E-state index >= 15 is 0 Å². The highest BCUT2D eigenvalue weighted by atomic mass is 19.2. The number of pyridine rings is 1. The molecule has 1 aromatic heterocycles. The second kappa shape index (κ2) is 9.90. The maximum Gasteiger partial charge on any atom is 0.166 e. The lowest BCUT2D eigenvalue weighted by Crippen LogP contribution is -2.00. The third-order valence-corrected chi connectivity index (χ3v) is 5.59. The summed E-state index contributed by atoms with van der Waals surface area (Å²) in [6.07, 6.45) is 2.47. The highest BCUT2D eigenvalue weighted by Crippen LogP contribution is 2.28. The summed E-state index contributed by atoms with van der Waals surface area (Å²) in [4.78, 5) is 4.15. The lowest BCUT2D eigenvalue weighted by molar-refractivity contribution is 0.321. The molecular formula is C28H24F3NO. The largest absolute Gasteiger partial charge is 0.491 e. The van der Waals surface area contributed by atoms with Gasteiger partial charge < -0.3 is 4.74 Å². The summed E-state index contributed by atoms with van der Waals surface area (Å²) in [6, 6.07) is 19.3. The van der Waals surface area contributed by atoms with Crippen LogP contribution in [0.15, 0.2) is 72.9 Å². The molecule has 4 rings (SSSR count). The SMILES string of the molecule is CCOc1ccc(-c2ccc(CCc3ccc(-c4ccc(C)nc4)c(F)c3F)cc2)cc1F. The average molecular weight is 448 g/mol. The van der Waals surface area contributed by atoms with Crippen molar-refractivity contribution >= 4 is 0 Å². The van der Waals surface area contributed by atoms with E-state index in [1.807, 2.05) is 44.2 Å². The highest BCUT2D eigenvalue weighted by Gasteiger charge is 2.15. The van der Waals surface area contributed by atoms with Gasteiger partial charge in [-0.2, -0.15) is 0 Å². The number of hydrogen-bond donors (Lipinski definition) is 0.